The Balaban J connectivity index is 0.992. The molecule has 1 aliphatic heterocycles. The minimum atomic E-state index is -0.455. The molecule has 1 atom stereocenters. The number of benzene rings is 5. The summed E-state index contributed by atoms with van der Waals surface area (Å²) >= 11 is 2.87. The normalized spacial score (nSPS) is 13.4. The summed E-state index contributed by atoms with van der Waals surface area (Å²) in [4.78, 5) is 44.1. The van der Waals surface area contributed by atoms with Crippen LogP contribution in [0.1, 0.15) is 40.7 Å². The van der Waals surface area contributed by atoms with E-state index in [-0.39, 0.29) is 17.6 Å². The van der Waals surface area contributed by atoms with Crippen LogP contribution in [-0.4, -0.2) is 55.4 Å². The van der Waals surface area contributed by atoms with E-state index in [0.29, 0.717) is 28.4 Å². The Morgan fingerprint density at radius 1 is 0.815 bits per heavy atom. The van der Waals surface area contributed by atoms with Crippen molar-refractivity contribution in [2.45, 2.75) is 36.0 Å². The summed E-state index contributed by atoms with van der Waals surface area (Å²) < 4.78 is 2.87. The molecule has 0 radical (unpaired) electrons. The van der Waals surface area contributed by atoms with Crippen molar-refractivity contribution in [3.05, 3.63) is 137 Å². The molecule has 4 N–H and O–H groups in total. The van der Waals surface area contributed by atoms with E-state index in [4.69, 9.17) is 0 Å². The van der Waals surface area contributed by atoms with Gasteiger partial charge < -0.3 is 25.5 Å². The van der Waals surface area contributed by atoms with E-state index in [0.717, 1.165) is 78.5 Å². The number of phenolic OH excluding ortho intramolecular Hbond substituents is 1. The number of anilines is 4. The van der Waals surface area contributed by atoms with Gasteiger partial charge in [0, 0.05) is 77.0 Å². The summed E-state index contributed by atoms with van der Waals surface area (Å²) in [5.41, 5.74) is 5.98. The van der Waals surface area contributed by atoms with Crippen molar-refractivity contribution in [3.63, 3.8) is 0 Å². The zero-order chi connectivity index (χ0) is 37.9. The Bertz CT molecular complexity index is 2050. The fourth-order valence-electron chi connectivity index (χ4n) is 6.18. The van der Waals surface area contributed by atoms with Gasteiger partial charge in [-0.05, 0) is 122 Å². The summed E-state index contributed by atoms with van der Waals surface area (Å²) in [6, 6.07) is 36.1. The van der Waals surface area contributed by atoms with Gasteiger partial charge in [-0.1, -0.05) is 35.9 Å². The predicted molar refractivity (Wildman–Crippen MR) is 223 cm³/mol. The van der Waals surface area contributed by atoms with Crippen molar-refractivity contribution in [1.82, 2.24) is 4.72 Å². The zero-order valence-corrected chi connectivity index (χ0v) is 32.0. The third-order valence-electron chi connectivity index (χ3n) is 9.25. The first-order chi connectivity index (χ1) is 26.2. The first-order valence-corrected chi connectivity index (χ1v) is 19.7. The van der Waals surface area contributed by atoms with Gasteiger partial charge in [-0.15, -0.1) is 16.7 Å². The molecular formula is C42H44N6O4S2. The van der Waals surface area contributed by atoms with E-state index in [9.17, 15) is 19.6 Å². The number of carbonyl (C=O) groups excluding carboxylic acids is 2. The van der Waals surface area contributed by atoms with Gasteiger partial charge in [-0.25, -0.2) is 0 Å². The summed E-state index contributed by atoms with van der Waals surface area (Å²) in [7, 11) is 0. The molecule has 1 saturated heterocycles. The maximum atomic E-state index is 13.1. The second kappa shape index (κ2) is 18.5. The molecule has 0 aliphatic carbocycles. The second-order valence-corrected chi connectivity index (χ2v) is 15.2. The minimum Gasteiger partial charge on any atom is -0.508 e. The van der Waals surface area contributed by atoms with Crippen molar-refractivity contribution in [1.29, 1.82) is 0 Å². The molecule has 1 fully saturated rings. The number of nitrogens with one attached hydrogen (secondary N) is 3. The average molecular weight is 761 g/mol. The molecule has 1 heterocycles. The number of phenols is 1. The maximum absolute atomic E-state index is 13.1. The summed E-state index contributed by atoms with van der Waals surface area (Å²) in [6.45, 7) is 7.63. The number of hydrogen-bond donors (Lipinski definition) is 4. The molecule has 5 aromatic rings. The molecular weight excluding hydrogens is 717 g/mol. The number of carbonyl (C=O) groups is 2. The van der Waals surface area contributed by atoms with Gasteiger partial charge in [0.15, 0.2) is 0 Å². The van der Waals surface area contributed by atoms with Gasteiger partial charge in [0.1, 0.15) is 11.4 Å². The van der Waals surface area contributed by atoms with Crippen molar-refractivity contribution >= 4 is 64.0 Å². The van der Waals surface area contributed by atoms with E-state index >= 15 is 0 Å². The predicted octanol–water partition coefficient (Wildman–Crippen LogP) is 9.20. The van der Waals surface area contributed by atoms with Crippen LogP contribution in [0.15, 0.2) is 130 Å². The largest absolute Gasteiger partial charge is 0.508 e. The first-order valence-electron chi connectivity index (χ1n) is 17.9. The molecule has 5 aromatic carbocycles. The third kappa shape index (κ3) is 10.4. The van der Waals surface area contributed by atoms with E-state index in [1.165, 1.54) is 4.90 Å². The minimum absolute atomic E-state index is 0.130. The number of nitroso groups, excluding NO2 is 1. The summed E-state index contributed by atoms with van der Waals surface area (Å²) in [5, 5.41) is 20.1. The molecule has 0 aromatic heterocycles. The van der Waals surface area contributed by atoms with Gasteiger partial charge in [0.2, 0.25) is 5.91 Å². The fourth-order valence-corrected chi connectivity index (χ4v) is 7.61. The van der Waals surface area contributed by atoms with Crippen LogP contribution in [0.4, 0.5) is 28.4 Å². The Hall–Kier alpha value is -5.46. The zero-order valence-electron chi connectivity index (χ0n) is 30.3. The van der Waals surface area contributed by atoms with Crippen LogP contribution < -0.4 is 25.2 Å². The van der Waals surface area contributed by atoms with Crippen LogP contribution >= 0.6 is 23.7 Å². The number of rotatable bonds is 14. The Morgan fingerprint density at radius 2 is 1.54 bits per heavy atom. The van der Waals surface area contributed by atoms with E-state index in [1.54, 1.807) is 30.0 Å². The lowest BCUT2D eigenvalue weighted by molar-refractivity contribution is -0.117. The summed E-state index contributed by atoms with van der Waals surface area (Å²) in [5.74, 6) is 0.134. The standard InChI is InChI=1S/C42H44N6O4S2/c1-29-9-13-33(14-10-29)44-41(50)30(2)32-25-35(27-36(49)26-32)48-21-6-20-47(22-23-48)34-15-11-31(12-16-34)42(51)46-54-38-17-18-39(40(28-38)45-52)43-19-24-53-37-7-4-3-5-8-37/h3-5,7-18,25-28,30,43,49H,6,19-24H2,1-2H3,(H,44,50)(H,46,51). The van der Waals surface area contributed by atoms with Crippen LogP contribution in [0.25, 0.3) is 0 Å². The molecule has 6 rings (SSSR count). The second-order valence-electron chi connectivity index (χ2n) is 13.1. The number of amides is 2. The van der Waals surface area contributed by atoms with E-state index in [1.807, 2.05) is 98.8 Å². The van der Waals surface area contributed by atoms with Gasteiger partial charge in [-0.3, -0.25) is 14.3 Å². The number of hydrogen-bond acceptors (Lipinski definition) is 10. The van der Waals surface area contributed by atoms with Gasteiger partial charge in [0.05, 0.1) is 11.6 Å². The Morgan fingerprint density at radius 3 is 2.26 bits per heavy atom. The van der Waals surface area contributed by atoms with Crippen molar-refractivity contribution in [2.75, 3.05) is 58.9 Å². The highest BCUT2D eigenvalue weighted by Crippen LogP contribution is 2.32. The lowest BCUT2D eigenvalue weighted by Crippen LogP contribution is -2.30. The molecule has 0 spiro atoms. The SMILES string of the molecule is Cc1ccc(NC(=O)C(C)c2cc(O)cc(N3CCCN(c4ccc(C(=O)NSc5ccc(NCCSc6ccccc6)c(N=O)c5)cc4)CC3)c2)cc1. The van der Waals surface area contributed by atoms with Crippen LogP contribution in [-0.2, 0) is 4.79 Å². The van der Waals surface area contributed by atoms with Crippen LogP contribution in [0.2, 0.25) is 0 Å². The average Bonchev–Trinajstić information content (AvgIpc) is 3.46. The van der Waals surface area contributed by atoms with Crippen molar-refractivity contribution < 1.29 is 14.7 Å². The molecule has 12 heteroatoms. The topological polar surface area (TPSA) is 126 Å². The molecule has 54 heavy (non-hydrogen) atoms. The van der Waals surface area contributed by atoms with Crippen LogP contribution in [0.3, 0.4) is 0 Å². The van der Waals surface area contributed by atoms with E-state index < -0.39 is 5.92 Å². The molecule has 1 aliphatic rings. The lowest BCUT2D eigenvalue weighted by atomic mass is 9.98. The number of aryl methyl sites for hydroxylation is 1. The van der Waals surface area contributed by atoms with Crippen molar-refractivity contribution in [2.24, 2.45) is 5.18 Å². The summed E-state index contributed by atoms with van der Waals surface area (Å²) in [6.07, 6.45) is 0.895. The number of aromatic hydroxyl groups is 1. The van der Waals surface area contributed by atoms with Gasteiger partial charge >= 0.3 is 0 Å². The molecule has 0 bridgehead atoms. The molecule has 0 saturated carbocycles. The highest BCUT2D eigenvalue weighted by atomic mass is 32.2. The van der Waals surface area contributed by atoms with Gasteiger partial charge in [0.25, 0.3) is 5.91 Å². The Kier molecular flexibility index (Phi) is 13.1. The number of thioether (sulfide) groups is 1. The Labute approximate surface area is 324 Å². The smallest absolute Gasteiger partial charge is 0.261 e. The maximum Gasteiger partial charge on any atom is 0.261 e. The quantitative estimate of drug-likeness (QED) is 0.0379. The monoisotopic (exact) mass is 760 g/mol. The lowest BCUT2D eigenvalue weighted by Gasteiger charge is -2.26. The van der Waals surface area contributed by atoms with Crippen LogP contribution in [0.5, 0.6) is 5.75 Å². The van der Waals surface area contributed by atoms with E-state index in [2.05, 4.69) is 42.5 Å². The molecule has 10 nitrogen and oxygen atoms in total. The molecule has 278 valence electrons. The van der Waals surface area contributed by atoms with Crippen molar-refractivity contribution in [3.8, 4) is 5.75 Å². The highest BCUT2D eigenvalue weighted by molar-refractivity contribution is 7.99. The number of nitrogens with zero attached hydrogens (tertiary/aromatic N) is 3. The fraction of sp³-hybridized carbons (Fsp3) is 0.238. The molecule has 1 unspecified atom stereocenters. The molecule has 2 amide bonds. The highest BCUT2D eigenvalue weighted by Gasteiger charge is 2.21. The van der Waals surface area contributed by atoms with Gasteiger partial charge in [-0.2, -0.15) is 0 Å². The van der Waals surface area contributed by atoms with Crippen LogP contribution in [0, 0.1) is 11.8 Å². The first kappa shape index (κ1) is 38.3. The third-order valence-corrected chi connectivity index (χ3v) is 11.0.